The van der Waals surface area contributed by atoms with Crippen LogP contribution in [0.1, 0.15) is 11.7 Å². The number of aromatic hydroxyl groups is 1. The SMILES string of the molecule is Cc1nc2c(Br)cc(Br)cc2c(=O)n1Cc1nnc(-c2ccc(O)cc2)o1. The highest BCUT2D eigenvalue weighted by Crippen LogP contribution is 2.26. The smallest absolute Gasteiger partial charge is 0.261 e. The Balaban J connectivity index is 1.74. The number of hydrogen-bond acceptors (Lipinski definition) is 6. The summed E-state index contributed by atoms with van der Waals surface area (Å²) in [5, 5.41) is 17.9. The van der Waals surface area contributed by atoms with E-state index in [1.54, 1.807) is 25.1 Å². The third-order valence-corrected chi connectivity index (χ3v) is 5.10. The average molecular weight is 492 g/mol. The van der Waals surface area contributed by atoms with Crippen LogP contribution < -0.4 is 5.56 Å². The van der Waals surface area contributed by atoms with Crippen molar-refractivity contribution in [2.45, 2.75) is 13.5 Å². The minimum Gasteiger partial charge on any atom is -0.508 e. The molecule has 2 heterocycles. The van der Waals surface area contributed by atoms with Crippen LogP contribution in [-0.2, 0) is 6.54 Å². The van der Waals surface area contributed by atoms with E-state index >= 15 is 0 Å². The molecular formula is C18H12Br2N4O3. The molecule has 0 aliphatic carbocycles. The lowest BCUT2D eigenvalue weighted by atomic mass is 10.2. The van der Waals surface area contributed by atoms with E-state index in [0.29, 0.717) is 34.1 Å². The van der Waals surface area contributed by atoms with Crippen molar-refractivity contribution in [1.82, 2.24) is 19.7 Å². The van der Waals surface area contributed by atoms with E-state index in [-0.39, 0.29) is 17.9 Å². The van der Waals surface area contributed by atoms with Gasteiger partial charge in [-0.05, 0) is 59.3 Å². The molecule has 4 aromatic rings. The van der Waals surface area contributed by atoms with Gasteiger partial charge in [-0.3, -0.25) is 9.36 Å². The minimum atomic E-state index is -0.191. The highest BCUT2D eigenvalue weighted by Gasteiger charge is 2.15. The van der Waals surface area contributed by atoms with Gasteiger partial charge in [0, 0.05) is 14.5 Å². The van der Waals surface area contributed by atoms with Crippen LogP contribution >= 0.6 is 31.9 Å². The van der Waals surface area contributed by atoms with Crippen molar-refractivity contribution in [1.29, 1.82) is 0 Å². The molecule has 4 rings (SSSR count). The second-order valence-corrected chi connectivity index (χ2v) is 7.65. The molecule has 0 fully saturated rings. The number of aryl methyl sites for hydroxylation is 1. The number of nitrogens with zero attached hydrogens (tertiary/aromatic N) is 4. The Bertz CT molecular complexity index is 1220. The van der Waals surface area contributed by atoms with Crippen LogP contribution in [0.15, 0.2) is 54.6 Å². The van der Waals surface area contributed by atoms with Gasteiger partial charge in [0.05, 0.1) is 10.9 Å². The predicted molar refractivity (Wildman–Crippen MR) is 107 cm³/mol. The van der Waals surface area contributed by atoms with Crippen molar-refractivity contribution in [3.8, 4) is 17.2 Å². The molecule has 1 N–H and O–H groups in total. The number of aromatic nitrogens is 4. The summed E-state index contributed by atoms with van der Waals surface area (Å²) < 4.78 is 8.69. The summed E-state index contributed by atoms with van der Waals surface area (Å²) in [4.78, 5) is 17.5. The second-order valence-electron chi connectivity index (χ2n) is 5.88. The van der Waals surface area contributed by atoms with E-state index in [9.17, 15) is 9.90 Å². The van der Waals surface area contributed by atoms with E-state index in [1.165, 1.54) is 16.7 Å². The molecule has 136 valence electrons. The normalized spacial score (nSPS) is 11.2. The van der Waals surface area contributed by atoms with Gasteiger partial charge in [-0.25, -0.2) is 4.98 Å². The molecule has 2 aromatic carbocycles. The Morgan fingerprint density at radius 2 is 1.89 bits per heavy atom. The molecular weight excluding hydrogens is 480 g/mol. The van der Waals surface area contributed by atoms with E-state index in [4.69, 9.17) is 4.42 Å². The summed E-state index contributed by atoms with van der Waals surface area (Å²) in [6.07, 6.45) is 0. The van der Waals surface area contributed by atoms with Crippen molar-refractivity contribution in [3.05, 3.63) is 67.4 Å². The molecule has 0 bridgehead atoms. The molecule has 0 unspecified atom stereocenters. The van der Waals surface area contributed by atoms with Gasteiger partial charge in [0.1, 0.15) is 18.1 Å². The van der Waals surface area contributed by atoms with Crippen molar-refractivity contribution >= 4 is 42.8 Å². The van der Waals surface area contributed by atoms with E-state index < -0.39 is 0 Å². The zero-order valence-electron chi connectivity index (χ0n) is 14.0. The third kappa shape index (κ3) is 3.40. The maximum Gasteiger partial charge on any atom is 0.261 e. The molecule has 0 amide bonds. The van der Waals surface area contributed by atoms with Crippen LogP contribution in [0.25, 0.3) is 22.4 Å². The third-order valence-electron chi connectivity index (χ3n) is 4.04. The average Bonchev–Trinajstić information content (AvgIpc) is 3.09. The first-order valence-corrected chi connectivity index (χ1v) is 9.49. The van der Waals surface area contributed by atoms with Gasteiger partial charge < -0.3 is 9.52 Å². The zero-order valence-corrected chi connectivity index (χ0v) is 17.2. The fourth-order valence-corrected chi connectivity index (χ4v) is 4.03. The molecule has 7 nitrogen and oxygen atoms in total. The van der Waals surface area contributed by atoms with Crippen LogP contribution in [0.2, 0.25) is 0 Å². The molecule has 0 aliphatic heterocycles. The fraction of sp³-hybridized carbons (Fsp3) is 0.111. The molecule has 0 saturated carbocycles. The lowest BCUT2D eigenvalue weighted by Crippen LogP contribution is -2.24. The Morgan fingerprint density at radius 3 is 2.63 bits per heavy atom. The number of rotatable bonds is 3. The van der Waals surface area contributed by atoms with Gasteiger partial charge in [0.2, 0.25) is 11.8 Å². The summed E-state index contributed by atoms with van der Waals surface area (Å²) in [5.41, 5.74) is 1.09. The molecule has 0 atom stereocenters. The quantitative estimate of drug-likeness (QED) is 0.465. The number of benzene rings is 2. The van der Waals surface area contributed by atoms with E-state index in [2.05, 4.69) is 47.0 Å². The minimum absolute atomic E-state index is 0.114. The zero-order chi connectivity index (χ0) is 19.1. The highest BCUT2D eigenvalue weighted by molar-refractivity contribution is 9.11. The van der Waals surface area contributed by atoms with Crippen LogP contribution in [0, 0.1) is 6.92 Å². The van der Waals surface area contributed by atoms with E-state index in [0.717, 1.165) is 8.95 Å². The number of phenolic OH excluding ortho intramolecular Hbond substituents is 1. The topological polar surface area (TPSA) is 94.0 Å². The van der Waals surface area contributed by atoms with Crippen LogP contribution in [-0.4, -0.2) is 24.9 Å². The van der Waals surface area contributed by atoms with Crippen LogP contribution in [0.3, 0.4) is 0 Å². The van der Waals surface area contributed by atoms with Gasteiger partial charge >= 0.3 is 0 Å². The molecule has 0 aliphatic rings. The van der Waals surface area contributed by atoms with E-state index in [1.807, 2.05) is 6.07 Å². The Morgan fingerprint density at radius 1 is 1.15 bits per heavy atom. The van der Waals surface area contributed by atoms with Gasteiger partial charge in [-0.1, -0.05) is 15.9 Å². The van der Waals surface area contributed by atoms with Gasteiger partial charge in [-0.2, -0.15) is 0 Å². The Hall–Kier alpha value is -2.52. The van der Waals surface area contributed by atoms with Crippen molar-refractivity contribution < 1.29 is 9.52 Å². The number of halogens is 2. The molecule has 9 heteroatoms. The van der Waals surface area contributed by atoms with Gasteiger partial charge in [0.25, 0.3) is 5.56 Å². The summed E-state index contributed by atoms with van der Waals surface area (Å²) >= 11 is 6.84. The van der Waals surface area contributed by atoms with Crippen molar-refractivity contribution in [2.75, 3.05) is 0 Å². The van der Waals surface area contributed by atoms with Crippen molar-refractivity contribution in [2.24, 2.45) is 0 Å². The maximum absolute atomic E-state index is 12.9. The Kier molecular flexibility index (Phi) is 4.56. The van der Waals surface area contributed by atoms with Crippen LogP contribution in [0.4, 0.5) is 0 Å². The predicted octanol–water partition coefficient (Wildman–Crippen LogP) is 4.03. The monoisotopic (exact) mass is 490 g/mol. The molecule has 2 aromatic heterocycles. The lowest BCUT2D eigenvalue weighted by molar-refractivity contribution is 0.474. The summed E-state index contributed by atoms with van der Waals surface area (Å²) in [5.74, 6) is 1.30. The largest absolute Gasteiger partial charge is 0.508 e. The molecule has 0 radical (unpaired) electrons. The van der Waals surface area contributed by atoms with Crippen molar-refractivity contribution in [3.63, 3.8) is 0 Å². The standard InChI is InChI=1S/C18H12Br2N4O3/c1-9-21-16-13(6-11(19)7-14(16)20)18(26)24(9)8-15-22-23-17(27-15)10-2-4-12(25)5-3-10/h2-7,25H,8H2,1H3. The summed E-state index contributed by atoms with van der Waals surface area (Å²) in [7, 11) is 0. The summed E-state index contributed by atoms with van der Waals surface area (Å²) in [6.45, 7) is 1.87. The molecule has 27 heavy (non-hydrogen) atoms. The maximum atomic E-state index is 12.9. The number of fused-ring (bicyclic) bond motifs is 1. The molecule has 0 saturated heterocycles. The number of hydrogen-bond donors (Lipinski definition) is 1. The second kappa shape index (κ2) is 6.90. The summed E-state index contributed by atoms with van der Waals surface area (Å²) in [6, 6.07) is 10.0. The highest BCUT2D eigenvalue weighted by atomic mass is 79.9. The Labute approximate surface area is 169 Å². The van der Waals surface area contributed by atoms with Crippen LogP contribution in [0.5, 0.6) is 5.75 Å². The first kappa shape index (κ1) is 17.9. The first-order valence-electron chi connectivity index (χ1n) is 7.90. The first-order chi connectivity index (χ1) is 12.9. The molecule has 0 spiro atoms. The van der Waals surface area contributed by atoms with Gasteiger partial charge in [0.15, 0.2) is 0 Å². The number of phenols is 1. The lowest BCUT2D eigenvalue weighted by Gasteiger charge is -2.10. The van der Waals surface area contributed by atoms with Gasteiger partial charge in [-0.15, -0.1) is 10.2 Å². The fourth-order valence-electron chi connectivity index (χ4n) is 2.72.